The zero-order valence-electron chi connectivity index (χ0n) is 23.9. The molecule has 1 fully saturated rings. The van der Waals surface area contributed by atoms with E-state index < -0.39 is 0 Å². The monoisotopic (exact) mass is 533 g/mol. The molecule has 1 aliphatic rings. The standard InChI is InChI=1S/C29H51N5O4/c1-5-7-20-37-22-34(23-38-21-8-6-2)29-31-27(26-16-10-9-11-17-26)30-28(32-29)33(18-12-14-24(3)35)19-13-15-25(4)36/h26,35-36H,3-23H2,1-2H3. The Morgan fingerprint density at radius 1 is 0.763 bits per heavy atom. The van der Waals surface area contributed by atoms with Crippen LogP contribution in [0.2, 0.25) is 0 Å². The van der Waals surface area contributed by atoms with E-state index in [-0.39, 0.29) is 11.5 Å². The summed E-state index contributed by atoms with van der Waals surface area (Å²) in [7, 11) is 0. The van der Waals surface area contributed by atoms with Gasteiger partial charge in [-0.2, -0.15) is 15.0 Å². The quantitative estimate of drug-likeness (QED) is 0.100. The van der Waals surface area contributed by atoms with Gasteiger partial charge in [0.05, 0.1) is 11.5 Å². The Hall–Kier alpha value is -2.39. The lowest BCUT2D eigenvalue weighted by Gasteiger charge is -2.28. The van der Waals surface area contributed by atoms with Gasteiger partial charge in [-0.05, 0) is 38.5 Å². The van der Waals surface area contributed by atoms with Gasteiger partial charge < -0.3 is 24.6 Å². The van der Waals surface area contributed by atoms with Crippen LogP contribution in [0.15, 0.2) is 24.7 Å². The second kappa shape index (κ2) is 18.8. The fourth-order valence-electron chi connectivity index (χ4n) is 4.45. The van der Waals surface area contributed by atoms with E-state index in [2.05, 4.69) is 31.9 Å². The number of anilines is 2. The van der Waals surface area contributed by atoms with Crippen LogP contribution in [0.25, 0.3) is 0 Å². The summed E-state index contributed by atoms with van der Waals surface area (Å²) in [5.74, 6) is 2.69. The van der Waals surface area contributed by atoms with E-state index in [1.54, 1.807) is 0 Å². The summed E-state index contributed by atoms with van der Waals surface area (Å²) < 4.78 is 11.9. The molecule has 9 heteroatoms. The van der Waals surface area contributed by atoms with E-state index in [0.717, 1.165) is 57.2 Å². The van der Waals surface area contributed by atoms with Crippen LogP contribution in [0, 0.1) is 0 Å². The third-order valence-electron chi connectivity index (χ3n) is 6.73. The van der Waals surface area contributed by atoms with Crippen molar-refractivity contribution in [2.24, 2.45) is 0 Å². The Kier molecular flexibility index (Phi) is 15.7. The molecule has 9 nitrogen and oxygen atoms in total. The van der Waals surface area contributed by atoms with Crippen molar-refractivity contribution in [2.75, 3.05) is 49.6 Å². The maximum absolute atomic E-state index is 9.62. The van der Waals surface area contributed by atoms with Gasteiger partial charge in [0.15, 0.2) is 0 Å². The van der Waals surface area contributed by atoms with Gasteiger partial charge in [0, 0.05) is 45.1 Å². The number of hydrogen-bond acceptors (Lipinski definition) is 9. The first-order chi connectivity index (χ1) is 18.4. The fraction of sp³-hybridized carbons (Fsp3) is 0.759. The van der Waals surface area contributed by atoms with Gasteiger partial charge in [-0.1, -0.05) is 59.1 Å². The van der Waals surface area contributed by atoms with Crippen molar-refractivity contribution < 1.29 is 19.7 Å². The predicted molar refractivity (Wildman–Crippen MR) is 154 cm³/mol. The van der Waals surface area contributed by atoms with Crippen LogP contribution < -0.4 is 9.80 Å². The molecule has 0 bridgehead atoms. The van der Waals surface area contributed by atoms with Gasteiger partial charge in [0.2, 0.25) is 11.9 Å². The van der Waals surface area contributed by atoms with Gasteiger partial charge in [-0.3, -0.25) is 4.90 Å². The number of allylic oxidation sites excluding steroid dienone is 2. The highest BCUT2D eigenvalue weighted by Crippen LogP contribution is 2.32. The van der Waals surface area contributed by atoms with Gasteiger partial charge in [-0.25, -0.2) is 0 Å². The number of ether oxygens (including phenoxy) is 2. The van der Waals surface area contributed by atoms with Crippen molar-refractivity contribution in [3.63, 3.8) is 0 Å². The molecule has 1 aromatic rings. The number of hydrogen-bond donors (Lipinski definition) is 2. The molecule has 0 amide bonds. The topological polar surface area (TPSA) is 104 Å². The van der Waals surface area contributed by atoms with Crippen LogP contribution in [-0.2, 0) is 9.47 Å². The Morgan fingerprint density at radius 2 is 1.26 bits per heavy atom. The largest absolute Gasteiger partial charge is 0.513 e. The number of rotatable bonds is 21. The number of nitrogens with zero attached hydrogens (tertiary/aromatic N) is 5. The first-order valence-corrected chi connectivity index (χ1v) is 14.6. The highest BCUT2D eigenvalue weighted by Gasteiger charge is 2.24. The smallest absolute Gasteiger partial charge is 0.234 e. The molecule has 0 atom stereocenters. The molecule has 1 aliphatic carbocycles. The molecule has 0 saturated heterocycles. The molecule has 216 valence electrons. The van der Waals surface area contributed by atoms with E-state index in [1.165, 1.54) is 19.3 Å². The van der Waals surface area contributed by atoms with Crippen molar-refractivity contribution in [3.05, 3.63) is 30.5 Å². The van der Waals surface area contributed by atoms with Crippen LogP contribution in [0.5, 0.6) is 0 Å². The molecule has 2 N–H and O–H groups in total. The van der Waals surface area contributed by atoms with E-state index in [9.17, 15) is 10.2 Å². The van der Waals surface area contributed by atoms with Crippen molar-refractivity contribution in [1.29, 1.82) is 0 Å². The Bertz CT molecular complexity index is 784. The second-order valence-electron chi connectivity index (χ2n) is 10.3. The number of aromatic nitrogens is 3. The SMILES string of the molecule is C=C(O)CCCN(CCCC(=C)O)c1nc(C2CCCCC2)nc(N(COCCCC)COCCCC)n1. The average molecular weight is 534 g/mol. The summed E-state index contributed by atoms with van der Waals surface area (Å²) in [4.78, 5) is 19.0. The minimum absolute atomic E-state index is 0.174. The molecule has 0 spiro atoms. The minimum atomic E-state index is 0.174. The van der Waals surface area contributed by atoms with Crippen molar-refractivity contribution >= 4 is 11.9 Å². The van der Waals surface area contributed by atoms with Crippen LogP contribution in [0.3, 0.4) is 0 Å². The second-order valence-corrected chi connectivity index (χ2v) is 10.3. The van der Waals surface area contributed by atoms with Gasteiger partial charge in [0.25, 0.3) is 0 Å². The summed E-state index contributed by atoms with van der Waals surface area (Å²) in [6, 6.07) is 0. The molecule has 0 aromatic carbocycles. The Labute approximate surface area is 230 Å². The molecule has 0 aliphatic heterocycles. The van der Waals surface area contributed by atoms with Crippen molar-refractivity contribution in [3.8, 4) is 0 Å². The Balaban J connectivity index is 2.37. The lowest BCUT2D eigenvalue weighted by molar-refractivity contribution is 0.0811. The molecule has 1 heterocycles. The molecule has 38 heavy (non-hydrogen) atoms. The number of aliphatic hydroxyl groups excluding tert-OH is 2. The van der Waals surface area contributed by atoms with Crippen molar-refractivity contribution in [1.82, 2.24) is 15.0 Å². The van der Waals surface area contributed by atoms with E-state index >= 15 is 0 Å². The zero-order chi connectivity index (χ0) is 27.6. The molecule has 2 rings (SSSR count). The van der Waals surface area contributed by atoms with E-state index in [4.69, 9.17) is 24.4 Å². The van der Waals surface area contributed by atoms with Crippen LogP contribution in [0.4, 0.5) is 11.9 Å². The van der Waals surface area contributed by atoms with Gasteiger partial charge >= 0.3 is 0 Å². The number of aliphatic hydroxyl groups is 2. The number of unbranched alkanes of at least 4 members (excludes halogenated alkanes) is 2. The lowest BCUT2D eigenvalue weighted by Crippen LogP contribution is -2.34. The summed E-state index contributed by atoms with van der Waals surface area (Å²) >= 11 is 0. The fourth-order valence-corrected chi connectivity index (χ4v) is 4.45. The third kappa shape index (κ3) is 12.4. The van der Waals surface area contributed by atoms with Crippen LogP contribution in [0.1, 0.15) is 109 Å². The van der Waals surface area contributed by atoms with Crippen molar-refractivity contribution in [2.45, 2.75) is 103 Å². The van der Waals surface area contributed by atoms with Crippen LogP contribution in [-0.4, -0.2) is 64.9 Å². The molecular formula is C29H51N5O4. The van der Waals surface area contributed by atoms with Gasteiger partial charge in [0.1, 0.15) is 19.3 Å². The van der Waals surface area contributed by atoms with Crippen LogP contribution >= 0.6 is 0 Å². The molecule has 0 unspecified atom stereocenters. The lowest BCUT2D eigenvalue weighted by atomic mass is 9.89. The average Bonchev–Trinajstić information content (AvgIpc) is 2.91. The molecule has 1 aromatic heterocycles. The highest BCUT2D eigenvalue weighted by atomic mass is 16.5. The minimum Gasteiger partial charge on any atom is -0.513 e. The highest BCUT2D eigenvalue weighted by molar-refractivity contribution is 5.39. The maximum Gasteiger partial charge on any atom is 0.234 e. The molecule has 1 saturated carbocycles. The molecule has 0 radical (unpaired) electrons. The summed E-state index contributed by atoms with van der Waals surface area (Å²) in [5.41, 5.74) is 0. The third-order valence-corrected chi connectivity index (χ3v) is 6.73. The first-order valence-electron chi connectivity index (χ1n) is 14.6. The van der Waals surface area contributed by atoms with E-state index in [1.807, 2.05) is 4.90 Å². The van der Waals surface area contributed by atoms with E-state index in [0.29, 0.717) is 70.4 Å². The Morgan fingerprint density at radius 3 is 1.74 bits per heavy atom. The zero-order valence-corrected chi connectivity index (χ0v) is 23.9. The normalized spacial score (nSPS) is 13.9. The molecular weight excluding hydrogens is 482 g/mol. The maximum atomic E-state index is 9.62. The first kappa shape index (κ1) is 31.8. The summed E-state index contributed by atoms with van der Waals surface area (Å²) in [5, 5.41) is 19.2. The predicted octanol–water partition coefficient (Wildman–Crippen LogP) is 6.78. The van der Waals surface area contributed by atoms with Gasteiger partial charge in [-0.15, -0.1) is 0 Å². The summed E-state index contributed by atoms with van der Waals surface area (Å²) in [6.07, 6.45) is 12.4. The summed E-state index contributed by atoms with van der Waals surface area (Å²) in [6.45, 7) is 14.9.